The van der Waals surface area contributed by atoms with Crippen LogP contribution in [0.4, 0.5) is 17.5 Å². The molecule has 6 nitrogen and oxygen atoms in total. The lowest BCUT2D eigenvalue weighted by Gasteiger charge is -2.36. The zero-order valence-electron chi connectivity index (χ0n) is 14.8. The highest BCUT2D eigenvalue weighted by Gasteiger charge is 2.17. The van der Waals surface area contributed by atoms with E-state index in [9.17, 15) is 0 Å². The summed E-state index contributed by atoms with van der Waals surface area (Å²) in [5.41, 5.74) is 1.21. The van der Waals surface area contributed by atoms with Crippen LogP contribution in [0.5, 0.6) is 0 Å². The molecule has 0 saturated carbocycles. The van der Waals surface area contributed by atoms with Crippen LogP contribution in [-0.4, -0.2) is 68.2 Å². The number of halogens is 1. The summed E-state index contributed by atoms with van der Waals surface area (Å²) in [5.74, 6) is 1.59. The Hall–Kier alpha value is -2.05. The van der Waals surface area contributed by atoms with Gasteiger partial charge in [0.2, 0.25) is 5.95 Å². The molecule has 1 aliphatic rings. The smallest absolute Gasteiger partial charge is 0.224 e. The van der Waals surface area contributed by atoms with Gasteiger partial charge in [0.25, 0.3) is 0 Å². The summed E-state index contributed by atoms with van der Waals surface area (Å²) < 4.78 is 0. The fraction of sp³-hybridized carbons (Fsp3) is 0.444. The minimum Gasteiger partial charge on any atom is -0.369 e. The van der Waals surface area contributed by atoms with Crippen LogP contribution in [0.2, 0.25) is 5.02 Å². The molecular weight excluding hydrogens is 336 g/mol. The molecule has 0 amide bonds. The van der Waals surface area contributed by atoms with Gasteiger partial charge in [-0.25, -0.2) is 4.98 Å². The predicted octanol–water partition coefficient (Wildman–Crippen LogP) is 2.43. The fourth-order valence-electron chi connectivity index (χ4n) is 2.91. The molecule has 1 N–H and O–H groups in total. The molecule has 2 heterocycles. The molecule has 1 aliphatic heterocycles. The summed E-state index contributed by atoms with van der Waals surface area (Å²) in [4.78, 5) is 15.6. The third-order valence-corrected chi connectivity index (χ3v) is 4.59. The third-order valence-electron chi connectivity index (χ3n) is 4.36. The molecule has 134 valence electrons. The highest BCUT2D eigenvalue weighted by atomic mass is 35.5. The van der Waals surface area contributed by atoms with Gasteiger partial charge in [-0.15, -0.1) is 0 Å². The number of hydrogen-bond donors (Lipinski definition) is 1. The maximum Gasteiger partial charge on any atom is 0.224 e. The first kappa shape index (κ1) is 17.8. The van der Waals surface area contributed by atoms with E-state index in [1.54, 1.807) is 6.20 Å². The summed E-state index contributed by atoms with van der Waals surface area (Å²) in [6.45, 7) is 5.96. The second kappa shape index (κ2) is 8.36. The second-order valence-corrected chi connectivity index (χ2v) is 6.80. The summed E-state index contributed by atoms with van der Waals surface area (Å²) in [7, 11) is 3.96. The number of piperazine rings is 1. The van der Waals surface area contributed by atoms with Crippen LogP contribution in [0.1, 0.15) is 0 Å². The molecule has 0 bridgehead atoms. The maximum atomic E-state index is 6.09. The molecule has 1 fully saturated rings. The zero-order valence-corrected chi connectivity index (χ0v) is 15.6. The average molecular weight is 361 g/mol. The van der Waals surface area contributed by atoms with Crippen molar-refractivity contribution in [2.24, 2.45) is 0 Å². The topological polar surface area (TPSA) is 47.5 Å². The van der Waals surface area contributed by atoms with Gasteiger partial charge in [0.1, 0.15) is 5.82 Å². The lowest BCUT2D eigenvalue weighted by molar-refractivity contribution is 0.267. The molecule has 0 unspecified atom stereocenters. The largest absolute Gasteiger partial charge is 0.369 e. The van der Waals surface area contributed by atoms with Gasteiger partial charge >= 0.3 is 0 Å². The number of nitrogens with one attached hydrogen (secondary N) is 1. The first-order valence-electron chi connectivity index (χ1n) is 8.59. The van der Waals surface area contributed by atoms with Gasteiger partial charge < -0.3 is 15.1 Å². The van der Waals surface area contributed by atoms with E-state index in [4.69, 9.17) is 11.6 Å². The molecule has 0 aliphatic carbocycles. The summed E-state index contributed by atoms with van der Waals surface area (Å²) in [6, 6.07) is 9.99. The number of benzene rings is 1. The van der Waals surface area contributed by atoms with E-state index in [0.29, 0.717) is 5.95 Å². The number of rotatable bonds is 6. The van der Waals surface area contributed by atoms with Crippen LogP contribution < -0.4 is 15.1 Å². The lowest BCUT2D eigenvalue weighted by Crippen LogP contribution is -2.47. The van der Waals surface area contributed by atoms with Crippen molar-refractivity contribution >= 4 is 29.1 Å². The Morgan fingerprint density at radius 3 is 2.68 bits per heavy atom. The zero-order chi connectivity index (χ0) is 17.6. The highest BCUT2D eigenvalue weighted by molar-refractivity contribution is 6.30. The van der Waals surface area contributed by atoms with Gasteiger partial charge in [0, 0.05) is 70.3 Å². The monoisotopic (exact) mass is 360 g/mol. The van der Waals surface area contributed by atoms with Crippen molar-refractivity contribution < 1.29 is 0 Å². The molecule has 1 aromatic heterocycles. The Bertz CT molecular complexity index is 685. The molecule has 7 heteroatoms. The normalized spacial score (nSPS) is 15.2. The molecule has 1 aromatic carbocycles. The van der Waals surface area contributed by atoms with Crippen molar-refractivity contribution in [2.45, 2.75) is 0 Å². The van der Waals surface area contributed by atoms with Crippen LogP contribution in [0, 0.1) is 0 Å². The summed E-state index contributed by atoms with van der Waals surface area (Å²) in [6.07, 6.45) is 1.79. The van der Waals surface area contributed by atoms with E-state index in [1.165, 1.54) is 5.69 Å². The Morgan fingerprint density at radius 1 is 1.16 bits per heavy atom. The van der Waals surface area contributed by atoms with Gasteiger partial charge in [-0.3, -0.25) is 4.90 Å². The van der Waals surface area contributed by atoms with Gasteiger partial charge in [0.05, 0.1) is 0 Å². The van der Waals surface area contributed by atoms with Crippen molar-refractivity contribution in [3.8, 4) is 0 Å². The fourth-order valence-corrected chi connectivity index (χ4v) is 3.10. The number of anilines is 3. The van der Waals surface area contributed by atoms with Crippen molar-refractivity contribution in [1.29, 1.82) is 0 Å². The molecule has 0 atom stereocenters. The summed E-state index contributed by atoms with van der Waals surface area (Å²) >= 11 is 6.09. The maximum absolute atomic E-state index is 6.09. The standard InChI is InChI=1S/C18H25ClN6/c1-23(2)17-6-7-20-18(22-17)21-8-9-24-10-12-25(13-11-24)16-5-3-4-15(19)14-16/h3-7,14H,8-13H2,1-2H3,(H,20,21,22). The van der Waals surface area contributed by atoms with Crippen molar-refractivity contribution in [3.05, 3.63) is 41.6 Å². The molecule has 0 radical (unpaired) electrons. The van der Waals surface area contributed by atoms with Crippen LogP contribution in [0.3, 0.4) is 0 Å². The van der Waals surface area contributed by atoms with Crippen LogP contribution >= 0.6 is 11.6 Å². The van der Waals surface area contributed by atoms with Gasteiger partial charge in [-0.2, -0.15) is 4.98 Å². The van der Waals surface area contributed by atoms with Crippen molar-refractivity contribution in [3.63, 3.8) is 0 Å². The lowest BCUT2D eigenvalue weighted by atomic mass is 10.2. The molecule has 25 heavy (non-hydrogen) atoms. The Morgan fingerprint density at radius 2 is 1.96 bits per heavy atom. The van der Waals surface area contributed by atoms with Crippen LogP contribution in [-0.2, 0) is 0 Å². The molecule has 2 aromatic rings. The average Bonchev–Trinajstić information content (AvgIpc) is 2.62. The van der Waals surface area contributed by atoms with E-state index in [1.807, 2.05) is 43.3 Å². The number of nitrogens with zero attached hydrogens (tertiary/aromatic N) is 5. The van der Waals surface area contributed by atoms with E-state index in [2.05, 4.69) is 31.2 Å². The highest BCUT2D eigenvalue weighted by Crippen LogP contribution is 2.20. The van der Waals surface area contributed by atoms with E-state index < -0.39 is 0 Å². The van der Waals surface area contributed by atoms with Gasteiger partial charge in [0.15, 0.2) is 0 Å². The van der Waals surface area contributed by atoms with E-state index in [-0.39, 0.29) is 0 Å². The van der Waals surface area contributed by atoms with Gasteiger partial charge in [-0.05, 0) is 24.3 Å². The first-order valence-corrected chi connectivity index (χ1v) is 8.97. The van der Waals surface area contributed by atoms with E-state index >= 15 is 0 Å². The van der Waals surface area contributed by atoms with Gasteiger partial charge in [-0.1, -0.05) is 17.7 Å². The van der Waals surface area contributed by atoms with Crippen LogP contribution in [0.15, 0.2) is 36.5 Å². The molecule has 1 saturated heterocycles. The predicted molar refractivity (Wildman–Crippen MR) is 105 cm³/mol. The minimum atomic E-state index is 0.684. The molecular formula is C18H25ClN6. The van der Waals surface area contributed by atoms with E-state index in [0.717, 1.165) is 50.1 Å². The summed E-state index contributed by atoms with van der Waals surface area (Å²) in [5, 5.41) is 4.11. The quantitative estimate of drug-likeness (QED) is 0.853. The van der Waals surface area contributed by atoms with Crippen LogP contribution in [0.25, 0.3) is 0 Å². The second-order valence-electron chi connectivity index (χ2n) is 6.37. The SMILES string of the molecule is CN(C)c1ccnc(NCCN2CCN(c3cccc(Cl)c3)CC2)n1. The third kappa shape index (κ3) is 4.96. The number of aromatic nitrogens is 2. The van der Waals surface area contributed by atoms with Crippen molar-refractivity contribution in [2.75, 3.05) is 68.5 Å². The Balaban J connectivity index is 1.43. The minimum absolute atomic E-state index is 0.684. The number of hydrogen-bond acceptors (Lipinski definition) is 6. The Kier molecular flexibility index (Phi) is 5.94. The van der Waals surface area contributed by atoms with Crippen molar-refractivity contribution in [1.82, 2.24) is 14.9 Å². The molecule has 3 rings (SSSR count). The molecule has 0 spiro atoms. The first-order chi connectivity index (χ1) is 12.1. The Labute approximate surface area is 154 Å².